The Bertz CT molecular complexity index is 322. The highest BCUT2D eigenvalue weighted by Gasteiger charge is 2.05. The minimum absolute atomic E-state index is 0.0570. The molecular weight excluding hydrogens is 220 g/mol. The maximum Gasteiger partial charge on any atom is 0.322 e. The number of hydrogen-bond donors (Lipinski definition) is 2. The van der Waals surface area contributed by atoms with E-state index >= 15 is 0 Å². The van der Waals surface area contributed by atoms with Gasteiger partial charge in [0.05, 0.1) is 12.7 Å². The molecule has 7 heteroatoms. The van der Waals surface area contributed by atoms with Crippen molar-refractivity contribution in [3.8, 4) is 6.01 Å². The summed E-state index contributed by atoms with van der Waals surface area (Å²) in [6.45, 7) is 4.27. The summed E-state index contributed by atoms with van der Waals surface area (Å²) in [7, 11) is 0. The first-order valence-electron chi connectivity index (χ1n) is 4.58. The number of aliphatic hydroxyl groups excluding tert-OH is 1. The van der Waals surface area contributed by atoms with Crippen LogP contribution in [0.25, 0.3) is 0 Å². The monoisotopic (exact) mass is 232 g/mol. The van der Waals surface area contributed by atoms with Crippen LogP contribution in [0.1, 0.15) is 13.8 Å². The van der Waals surface area contributed by atoms with Crippen LogP contribution < -0.4 is 10.1 Å². The lowest BCUT2D eigenvalue weighted by molar-refractivity contribution is 0.208. The van der Waals surface area contributed by atoms with Crippen LogP contribution in [-0.2, 0) is 0 Å². The molecule has 0 aromatic carbocycles. The highest BCUT2D eigenvalue weighted by atomic mass is 35.5. The van der Waals surface area contributed by atoms with E-state index in [0.717, 1.165) is 0 Å². The van der Waals surface area contributed by atoms with Gasteiger partial charge in [-0.25, -0.2) is 0 Å². The summed E-state index contributed by atoms with van der Waals surface area (Å²) < 4.78 is 5.08. The van der Waals surface area contributed by atoms with Gasteiger partial charge in [0.15, 0.2) is 0 Å². The molecule has 0 aliphatic rings. The molecule has 84 valence electrons. The van der Waals surface area contributed by atoms with Crippen LogP contribution in [0.4, 0.5) is 5.95 Å². The van der Waals surface area contributed by atoms with Crippen molar-refractivity contribution in [3.63, 3.8) is 0 Å². The maximum absolute atomic E-state index is 9.06. The summed E-state index contributed by atoms with van der Waals surface area (Å²) in [4.78, 5) is 11.5. The zero-order chi connectivity index (χ0) is 11.3. The van der Waals surface area contributed by atoms with Crippen molar-refractivity contribution in [2.24, 2.45) is 0 Å². The highest BCUT2D eigenvalue weighted by Crippen LogP contribution is 2.10. The first-order valence-corrected chi connectivity index (χ1v) is 4.96. The molecule has 0 amide bonds. The molecule has 15 heavy (non-hydrogen) atoms. The Labute approximate surface area is 92.7 Å². The number of anilines is 1. The normalized spacial score (nSPS) is 12.3. The molecule has 0 fully saturated rings. The van der Waals surface area contributed by atoms with Gasteiger partial charge in [-0.05, 0) is 25.4 Å². The largest absolute Gasteiger partial charge is 0.464 e. The number of hydrogen-bond acceptors (Lipinski definition) is 6. The molecule has 1 aromatic heterocycles. The lowest BCUT2D eigenvalue weighted by atomic mass is 10.4. The number of rotatable bonds is 5. The molecule has 1 rings (SSSR count). The van der Waals surface area contributed by atoms with Crippen LogP contribution in [-0.4, -0.2) is 39.3 Å². The van der Waals surface area contributed by atoms with Crippen LogP contribution >= 0.6 is 11.6 Å². The van der Waals surface area contributed by atoms with Crippen LogP contribution in [0.15, 0.2) is 0 Å². The second-order valence-corrected chi connectivity index (χ2v) is 3.21. The van der Waals surface area contributed by atoms with Gasteiger partial charge in [-0.15, -0.1) is 0 Å². The van der Waals surface area contributed by atoms with E-state index < -0.39 is 6.10 Å². The van der Waals surface area contributed by atoms with Gasteiger partial charge in [0.1, 0.15) is 0 Å². The van der Waals surface area contributed by atoms with Crippen molar-refractivity contribution >= 4 is 17.5 Å². The maximum atomic E-state index is 9.06. The van der Waals surface area contributed by atoms with E-state index in [0.29, 0.717) is 19.1 Å². The fourth-order valence-electron chi connectivity index (χ4n) is 0.844. The van der Waals surface area contributed by atoms with E-state index in [1.54, 1.807) is 6.92 Å². The topological polar surface area (TPSA) is 80.2 Å². The third-order valence-electron chi connectivity index (χ3n) is 1.42. The second kappa shape index (κ2) is 5.67. The van der Waals surface area contributed by atoms with Gasteiger partial charge in [-0.1, -0.05) is 0 Å². The molecule has 2 N–H and O–H groups in total. The van der Waals surface area contributed by atoms with Crippen LogP contribution in [0.2, 0.25) is 5.28 Å². The number of nitrogens with one attached hydrogen (secondary N) is 1. The molecule has 1 aromatic rings. The minimum Gasteiger partial charge on any atom is -0.464 e. The molecule has 0 radical (unpaired) electrons. The quantitative estimate of drug-likeness (QED) is 0.779. The minimum atomic E-state index is -0.490. The lowest BCUT2D eigenvalue weighted by Crippen LogP contribution is -2.17. The Morgan fingerprint density at radius 2 is 2.20 bits per heavy atom. The molecule has 0 saturated heterocycles. The summed E-state index contributed by atoms with van der Waals surface area (Å²) in [6.07, 6.45) is -0.490. The smallest absolute Gasteiger partial charge is 0.322 e. The summed E-state index contributed by atoms with van der Waals surface area (Å²) in [5, 5.41) is 11.9. The summed E-state index contributed by atoms with van der Waals surface area (Å²) in [6, 6.07) is 0.172. The highest BCUT2D eigenvalue weighted by molar-refractivity contribution is 6.28. The van der Waals surface area contributed by atoms with Crippen molar-refractivity contribution in [1.82, 2.24) is 15.0 Å². The average Bonchev–Trinajstić information content (AvgIpc) is 2.14. The molecule has 6 nitrogen and oxygen atoms in total. The van der Waals surface area contributed by atoms with Gasteiger partial charge in [0.2, 0.25) is 11.2 Å². The first-order chi connectivity index (χ1) is 7.11. The lowest BCUT2D eigenvalue weighted by Gasteiger charge is -2.07. The van der Waals surface area contributed by atoms with Gasteiger partial charge >= 0.3 is 6.01 Å². The molecule has 1 unspecified atom stereocenters. The van der Waals surface area contributed by atoms with Crippen molar-refractivity contribution in [3.05, 3.63) is 5.28 Å². The third kappa shape index (κ3) is 4.26. The van der Waals surface area contributed by atoms with Gasteiger partial charge in [0, 0.05) is 6.54 Å². The van der Waals surface area contributed by atoms with E-state index in [9.17, 15) is 0 Å². The third-order valence-corrected chi connectivity index (χ3v) is 1.59. The molecule has 0 bridgehead atoms. The van der Waals surface area contributed by atoms with Crippen molar-refractivity contribution in [1.29, 1.82) is 0 Å². The number of aromatic nitrogens is 3. The fourth-order valence-corrected chi connectivity index (χ4v) is 0.996. The van der Waals surface area contributed by atoms with Crippen LogP contribution in [0.5, 0.6) is 6.01 Å². The molecule has 0 aliphatic carbocycles. The second-order valence-electron chi connectivity index (χ2n) is 2.87. The van der Waals surface area contributed by atoms with Crippen LogP contribution in [0.3, 0.4) is 0 Å². The summed E-state index contributed by atoms with van der Waals surface area (Å²) >= 11 is 5.66. The van der Waals surface area contributed by atoms with Crippen molar-refractivity contribution in [2.45, 2.75) is 20.0 Å². The van der Waals surface area contributed by atoms with E-state index in [4.69, 9.17) is 21.4 Å². The molecule has 0 saturated carbocycles. The molecule has 1 heterocycles. The van der Waals surface area contributed by atoms with Gasteiger partial charge < -0.3 is 15.2 Å². The van der Waals surface area contributed by atoms with E-state index in [1.165, 1.54) is 0 Å². The number of nitrogens with zero attached hydrogens (tertiary/aromatic N) is 3. The number of aliphatic hydroxyl groups is 1. The average molecular weight is 233 g/mol. The SMILES string of the molecule is CCOc1nc(Cl)nc(NCC(C)O)n1. The van der Waals surface area contributed by atoms with Gasteiger partial charge in [0.25, 0.3) is 0 Å². The Balaban J connectivity index is 2.70. The first kappa shape index (κ1) is 11.9. The molecule has 1 atom stereocenters. The molecule has 0 aliphatic heterocycles. The van der Waals surface area contributed by atoms with Crippen molar-refractivity contribution in [2.75, 3.05) is 18.5 Å². The van der Waals surface area contributed by atoms with E-state index in [1.807, 2.05) is 6.92 Å². The Hall–Kier alpha value is -1.14. The zero-order valence-corrected chi connectivity index (χ0v) is 9.32. The standard InChI is InChI=1S/C8H13ClN4O2/c1-3-15-8-12-6(9)11-7(13-8)10-4-5(2)14/h5,14H,3-4H2,1-2H3,(H,10,11,12,13). The summed E-state index contributed by atoms with van der Waals surface area (Å²) in [5.41, 5.74) is 0. The van der Waals surface area contributed by atoms with Gasteiger partial charge in [-0.3, -0.25) is 0 Å². The molecule has 0 spiro atoms. The predicted molar refractivity (Wildman–Crippen MR) is 56.2 cm³/mol. The van der Waals surface area contributed by atoms with E-state index in [2.05, 4.69) is 20.3 Å². The number of halogens is 1. The number of ether oxygens (including phenoxy) is 1. The van der Waals surface area contributed by atoms with Gasteiger partial charge in [-0.2, -0.15) is 15.0 Å². The fraction of sp³-hybridized carbons (Fsp3) is 0.625. The Kier molecular flexibility index (Phi) is 4.51. The predicted octanol–water partition coefficient (Wildman–Crippen LogP) is 0.716. The Morgan fingerprint density at radius 1 is 1.47 bits per heavy atom. The van der Waals surface area contributed by atoms with Crippen LogP contribution in [0, 0.1) is 0 Å². The Morgan fingerprint density at radius 3 is 2.80 bits per heavy atom. The molecular formula is C8H13ClN4O2. The van der Waals surface area contributed by atoms with Crippen molar-refractivity contribution < 1.29 is 9.84 Å². The van der Waals surface area contributed by atoms with E-state index in [-0.39, 0.29) is 11.3 Å². The summed E-state index contributed by atoms with van der Waals surface area (Å²) in [5.74, 6) is 0.291. The zero-order valence-electron chi connectivity index (χ0n) is 8.57.